The molecule has 1 aliphatic heterocycles. The first-order chi connectivity index (χ1) is 9.06. The van der Waals surface area contributed by atoms with Crippen molar-refractivity contribution in [3.8, 4) is 0 Å². The Kier molecular flexibility index (Phi) is 4.42. The molecule has 2 amide bonds. The minimum Gasteiger partial charge on any atom is -0.376 e. The molecule has 1 aromatic rings. The van der Waals surface area contributed by atoms with Crippen molar-refractivity contribution in [3.63, 3.8) is 0 Å². The number of aryl methyl sites for hydroxylation is 1. The molecule has 2 N–H and O–H groups in total. The fraction of sp³-hybridized carbons (Fsp3) is 0.385. The molecule has 0 aromatic heterocycles. The third-order valence-electron chi connectivity index (χ3n) is 2.99. The van der Waals surface area contributed by atoms with Gasteiger partial charge in [-0.05, 0) is 30.7 Å². The Morgan fingerprint density at radius 2 is 2.32 bits per heavy atom. The Morgan fingerprint density at radius 1 is 1.53 bits per heavy atom. The zero-order valence-electron chi connectivity index (χ0n) is 10.7. The fourth-order valence-corrected chi connectivity index (χ4v) is 2.14. The van der Waals surface area contributed by atoms with E-state index in [2.05, 4.69) is 26.6 Å². The van der Waals surface area contributed by atoms with E-state index in [4.69, 9.17) is 0 Å². The third-order valence-corrected chi connectivity index (χ3v) is 3.88. The lowest BCUT2D eigenvalue weighted by atomic mass is 10.2. The van der Waals surface area contributed by atoms with Crippen LogP contribution in [0.15, 0.2) is 22.7 Å². The van der Waals surface area contributed by atoms with Crippen LogP contribution in [-0.2, 0) is 9.59 Å². The van der Waals surface area contributed by atoms with Crippen LogP contribution in [0.1, 0.15) is 5.56 Å². The van der Waals surface area contributed by atoms with E-state index in [0.29, 0.717) is 13.1 Å². The molecule has 5 nitrogen and oxygen atoms in total. The van der Waals surface area contributed by atoms with Crippen molar-refractivity contribution in [1.29, 1.82) is 0 Å². The molecule has 6 heteroatoms. The zero-order valence-corrected chi connectivity index (χ0v) is 12.3. The second-order valence-electron chi connectivity index (χ2n) is 4.48. The molecule has 1 aliphatic rings. The van der Waals surface area contributed by atoms with Gasteiger partial charge in [0, 0.05) is 23.2 Å². The molecule has 0 bridgehead atoms. The largest absolute Gasteiger partial charge is 0.376 e. The van der Waals surface area contributed by atoms with E-state index in [9.17, 15) is 9.59 Å². The van der Waals surface area contributed by atoms with Gasteiger partial charge < -0.3 is 15.5 Å². The Hall–Kier alpha value is -1.56. The predicted molar refractivity (Wildman–Crippen MR) is 77.0 cm³/mol. The van der Waals surface area contributed by atoms with Crippen LogP contribution in [0.2, 0.25) is 0 Å². The Morgan fingerprint density at radius 3 is 3.00 bits per heavy atom. The summed E-state index contributed by atoms with van der Waals surface area (Å²) < 4.78 is 1.04. The summed E-state index contributed by atoms with van der Waals surface area (Å²) >= 11 is 3.43. The van der Waals surface area contributed by atoms with Gasteiger partial charge in [0.25, 0.3) is 0 Å². The molecule has 102 valence electrons. The van der Waals surface area contributed by atoms with Crippen molar-refractivity contribution in [1.82, 2.24) is 10.2 Å². The average Bonchev–Trinajstić information content (AvgIpc) is 2.40. The summed E-state index contributed by atoms with van der Waals surface area (Å²) in [6.45, 7) is 3.45. The van der Waals surface area contributed by atoms with Crippen LogP contribution in [0.4, 0.5) is 5.69 Å². The summed E-state index contributed by atoms with van der Waals surface area (Å²) in [5.74, 6) is -0.158. The SMILES string of the molecule is Cc1cc(NCC(=O)N2CCNC(=O)C2)ccc1Br. The Bertz CT molecular complexity index is 505. The molecule has 0 saturated carbocycles. The quantitative estimate of drug-likeness (QED) is 0.875. The van der Waals surface area contributed by atoms with Crippen LogP contribution in [0.25, 0.3) is 0 Å². The number of nitrogens with zero attached hydrogens (tertiary/aromatic N) is 1. The first kappa shape index (κ1) is 13.9. The van der Waals surface area contributed by atoms with Crippen LogP contribution < -0.4 is 10.6 Å². The van der Waals surface area contributed by atoms with Gasteiger partial charge in [0.1, 0.15) is 0 Å². The van der Waals surface area contributed by atoms with Crippen molar-refractivity contribution in [2.24, 2.45) is 0 Å². The van der Waals surface area contributed by atoms with Crippen molar-refractivity contribution >= 4 is 33.4 Å². The second kappa shape index (κ2) is 6.06. The van der Waals surface area contributed by atoms with Gasteiger partial charge in [0.05, 0.1) is 13.1 Å². The molecular weight excluding hydrogens is 310 g/mol. The highest BCUT2D eigenvalue weighted by Gasteiger charge is 2.20. The van der Waals surface area contributed by atoms with Crippen LogP contribution in [-0.4, -0.2) is 42.9 Å². The minimum absolute atomic E-state index is 0.0598. The number of benzene rings is 1. The number of amides is 2. The highest BCUT2D eigenvalue weighted by Crippen LogP contribution is 2.19. The van der Waals surface area contributed by atoms with Crippen LogP contribution in [0, 0.1) is 6.92 Å². The monoisotopic (exact) mass is 325 g/mol. The number of carbonyl (C=O) groups is 2. The van der Waals surface area contributed by atoms with Gasteiger partial charge in [-0.3, -0.25) is 9.59 Å². The topological polar surface area (TPSA) is 61.4 Å². The molecule has 0 spiro atoms. The minimum atomic E-state index is -0.0981. The lowest BCUT2D eigenvalue weighted by molar-refractivity contribution is -0.136. The number of piperazine rings is 1. The van der Waals surface area contributed by atoms with E-state index in [1.54, 1.807) is 4.90 Å². The zero-order chi connectivity index (χ0) is 13.8. The van der Waals surface area contributed by atoms with E-state index in [0.717, 1.165) is 15.7 Å². The standard InChI is InChI=1S/C13H16BrN3O2/c1-9-6-10(2-3-11(9)14)16-7-13(19)17-5-4-15-12(18)8-17/h2-3,6,16H,4-5,7-8H2,1H3,(H,15,18). The number of hydrogen-bond acceptors (Lipinski definition) is 3. The lowest BCUT2D eigenvalue weighted by Crippen LogP contribution is -2.51. The molecule has 1 heterocycles. The summed E-state index contributed by atoms with van der Waals surface area (Å²) in [5.41, 5.74) is 2.00. The highest BCUT2D eigenvalue weighted by atomic mass is 79.9. The van der Waals surface area contributed by atoms with Crippen molar-refractivity contribution in [2.45, 2.75) is 6.92 Å². The van der Waals surface area contributed by atoms with E-state index in [1.165, 1.54) is 0 Å². The van der Waals surface area contributed by atoms with E-state index in [-0.39, 0.29) is 24.9 Å². The van der Waals surface area contributed by atoms with Crippen LogP contribution >= 0.6 is 15.9 Å². The van der Waals surface area contributed by atoms with E-state index < -0.39 is 0 Å². The van der Waals surface area contributed by atoms with E-state index in [1.807, 2.05) is 25.1 Å². The van der Waals surface area contributed by atoms with Gasteiger partial charge in [-0.25, -0.2) is 0 Å². The maximum atomic E-state index is 11.9. The summed E-state index contributed by atoms with van der Waals surface area (Å²) in [6, 6.07) is 5.82. The van der Waals surface area contributed by atoms with Crippen molar-refractivity contribution in [2.75, 3.05) is 31.5 Å². The second-order valence-corrected chi connectivity index (χ2v) is 5.34. The maximum Gasteiger partial charge on any atom is 0.242 e. The number of carbonyl (C=O) groups excluding carboxylic acids is 2. The third kappa shape index (κ3) is 3.70. The van der Waals surface area contributed by atoms with Crippen molar-refractivity contribution in [3.05, 3.63) is 28.2 Å². The number of rotatable bonds is 3. The fourth-order valence-electron chi connectivity index (χ4n) is 1.90. The van der Waals surface area contributed by atoms with Crippen LogP contribution in [0.5, 0.6) is 0 Å². The maximum absolute atomic E-state index is 11.9. The normalized spacial score (nSPS) is 15.1. The lowest BCUT2D eigenvalue weighted by Gasteiger charge is -2.26. The number of anilines is 1. The summed E-state index contributed by atoms with van der Waals surface area (Å²) in [4.78, 5) is 24.7. The molecule has 19 heavy (non-hydrogen) atoms. The number of nitrogens with one attached hydrogen (secondary N) is 2. The molecule has 1 fully saturated rings. The van der Waals surface area contributed by atoms with Crippen LogP contribution in [0.3, 0.4) is 0 Å². The molecule has 0 aliphatic carbocycles. The molecule has 1 aromatic carbocycles. The van der Waals surface area contributed by atoms with E-state index >= 15 is 0 Å². The molecule has 0 radical (unpaired) electrons. The number of hydrogen-bond donors (Lipinski definition) is 2. The molecular formula is C13H16BrN3O2. The first-order valence-electron chi connectivity index (χ1n) is 6.11. The molecule has 0 atom stereocenters. The molecule has 1 saturated heterocycles. The van der Waals surface area contributed by atoms with Gasteiger partial charge in [-0.15, -0.1) is 0 Å². The Labute approximate surface area is 120 Å². The van der Waals surface area contributed by atoms with Gasteiger partial charge in [0.2, 0.25) is 11.8 Å². The predicted octanol–water partition coefficient (Wildman–Crippen LogP) is 1.13. The summed E-state index contributed by atoms with van der Waals surface area (Å²) in [6.07, 6.45) is 0. The van der Waals surface area contributed by atoms with Gasteiger partial charge in [-0.2, -0.15) is 0 Å². The molecule has 2 rings (SSSR count). The molecule has 0 unspecified atom stereocenters. The average molecular weight is 326 g/mol. The van der Waals surface area contributed by atoms with Crippen molar-refractivity contribution < 1.29 is 9.59 Å². The summed E-state index contributed by atoms with van der Waals surface area (Å²) in [7, 11) is 0. The summed E-state index contributed by atoms with van der Waals surface area (Å²) in [5, 5.41) is 5.78. The van der Waals surface area contributed by atoms with Gasteiger partial charge in [0.15, 0.2) is 0 Å². The van der Waals surface area contributed by atoms with Gasteiger partial charge >= 0.3 is 0 Å². The number of halogens is 1. The van der Waals surface area contributed by atoms with Gasteiger partial charge in [-0.1, -0.05) is 15.9 Å². The first-order valence-corrected chi connectivity index (χ1v) is 6.90. The smallest absolute Gasteiger partial charge is 0.242 e. The Balaban J connectivity index is 1.89. The highest BCUT2D eigenvalue weighted by molar-refractivity contribution is 9.10.